The summed E-state index contributed by atoms with van der Waals surface area (Å²) in [6, 6.07) is -6.77. The van der Waals surface area contributed by atoms with Gasteiger partial charge in [-0.05, 0) is 96.4 Å². The van der Waals surface area contributed by atoms with E-state index in [4.69, 9.17) is 33.8 Å². The van der Waals surface area contributed by atoms with E-state index in [1.165, 1.54) is 19.6 Å². The second-order valence-corrected chi connectivity index (χ2v) is 16.8. The third-order valence-corrected chi connectivity index (χ3v) is 12.3. The van der Waals surface area contributed by atoms with E-state index < -0.39 is 90.3 Å². The van der Waals surface area contributed by atoms with Crippen molar-refractivity contribution in [2.24, 2.45) is 22.9 Å². The number of nitrogens with one attached hydrogen (secondary N) is 7. The van der Waals surface area contributed by atoms with E-state index in [2.05, 4.69) is 26.6 Å². The van der Waals surface area contributed by atoms with Gasteiger partial charge in [-0.1, -0.05) is 6.42 Å². The van der Waals surface area contributed by atoms with Crippen LogP contribution in [0.5, 0.6) is 0 Å². The van der Waals surface area contributed by atoms with Crippen LogP contribution >= 0.6 is 0 Å². The summed E-state index contributed by atoms with van der Waals surface area (Å²) in [6.07, 6.45) is 5.94. The number of hydrogen-bond acceptors (Lipinski definition) is 12. The Kier molecular flexibility index (Phi) is 19.8. The molecule has 7 amide bonds. The van der Waals surface area contributed by atoms with Gasteiger partial charge in [0.2, 0.25) is 41.4 Å². The lowest BCUT2D eigenvalue weighted by molar-refractivity contribution is -0.149. The standard InChI is InChI=1S/C40H69N15O9/c41-16-2-1-9-24(42)35(60)53-20-7-14-29(53)34(59)51-25(10-3-17-47-39(43)44)36(61)54-21-6-12-27(54)32(57)49-23-31(56)52-19-5-13-28(52)33(58)50-26(11-4-18-48-40(45)46)37(62)55-22-8-15-30(55)38(63)64/h24-30H,1-23,41-42H2,(H,49,57)(H,50,58)(H,51,59)(H,63,64)(H4,43,44,47)(H4,45,46,48)/t24-,25-,26-,27-,28-,29-,30-/m0/s1. The van der Waals surface area contributed by atoms with Crippen LogP contribution in [0, 0.1) is 10.8 Å². The number of nitrogens with two attached hydrogens (primary N) is 4. The molecule has 0 aromatic heterocycles. The summed E-state index contributed by atoms with van der Waals surface area (Å²) in [7, 11) is 0. The van der Waals surface area contributed by atoms with Crippen LogP contribution in [0.4, 0.5) is 0 Å². The van der Waals surface area contributed by atoms with Crippen LogP contribution in [0.15, 0.2) is 0 Å². The highest BCUT2D eigenvalue weighted by atomic mass is 16.4. The molecule has 0 radical (unpaired) electrons. The molecule has 4 heterocycles. The van der Waals surface area contributed by atoms with Crippen LogP contribution in [-0.2, 0) is 38.4 Å². The number of aliphatic carboxylic acids is 1. The maximum absolute atomic E-state index is 14.2. The number of carbonyl (C=O) groups is 8. The minimum atomic E-state index is -1.14. The maximum atomic E-state index is 14.2. The second-order valence-electron chi connectivity index (χ2n) is 16.8. The minimum absolute atomic E-state index is 0.115. The van der Waals surface area contributed by atoms with Gasteiger partial charge in [0.25, 0.3) is 0 Å². The minimum Gasteiger partial charge on any atom is -0.480 e. The van der Waals surface area contributed by atoms with Crippen LogP contribution in [0.3, 0.4) is 0 Å². The van der Waals surface area contributed by atoms with E-state index in [9.17, 15) is 43.5 Å². The number of carboxylic acid groups (broad SMARTS) is 1. The van der Waals surface area contributed by atoms with Crippen LogP contribution in [0.25, 0.3) is 0 Å². The highest BCUT2D eigenvalue weighted by Gasteiger charge is 2.43. The fourth-order valence-corrected chi connectivity index (χ4v) is 8.97. The smallest absolute Gasteiger partial charge is 0.326 e. The molecule has 0 aliphatic carbocycles. The van der Waals surface area contributed by atoms with E-state index in [-0.39, 0.29) is 82.7 Å². The van der Waals surface area contributed by atoms with Crippen molar-refractivity contribution in [3.8, 4) is 0 Å². The van der Waals surface area contributed by atoms with Crippen molar-refractivity contribution in [1.82, 2.24) is 46.2 Å². The lowest BCUT2D eigenvalue weighted by Crippen LogP contribution is -2.58. The summed E-state index contributed by atoms with van der Waals surface area (Å²) in [5.41, 5.74) is 22.6. The van der Waals surface area contributed by atoms with Crippen molar-refractivity contribution in [3.05, 3.63) is 0 Å². The monoisotopic (exact) mass is 904 g/mol. The van der Waals surface area contributed by atoms with Crippen LogP contribution in [0.2, 0.25) is 0 Å². The Morgan fingerprint density at radius 3 is 1.45 bits per heavy atom. The van der Waals surface area contributed by atoms with Gasteiger partial charge >= 0.3 is 5.97 Å². The average Bonchev–Trinajstić information content (AvgIpc) is 4.11. The van der Waals surface area contributed by atoms with E-state index in [0.29, 0.717) is 77.3 Å². The van der Waals surface area contributed by atoms with Crippen molar-refractivity contribution in [3.63, 3.8) is 0 Å². The molecule has 0 aromatic rings. The van der Waals surface area contributed by atoms with Crippen LogP contribution in [-0.4, -0.2) is 179 Å². The molecule has 4 rings (SSSR count). The Labute approximate surface area is 373 Å². The van der Waals surface area contributed by atoms with Crippen molar-refractivity contribution in [2.45, 2.75) is 139 Å². The Hall–Kier alpha value is -5.78. The molecule has 358 valence electrons. The highest BCUT2D eigenvalue weighted by molar-refractivity contribution is 5.97. The summed E-state index contributed by atoms with van der Waals surface area (Å²) in [4.78, 5) is 113. The average molecular weight is 904 g/mol. The van der Waals surface area contributed by atoms with Gasteiger partial charge in [0, 0.05) is 39.3 Å². The van der Waals surface area contributed by atoms with Gasteiger partial charge in [-0.2, -0.15) is 0 Å². The van der Waals surface area contributed by atoms with E-state index in [0.717, 1.165) is 0 Å². The first-order valence-electron chi connectivity index (χ1n) is 22.5. The van der Waals surface area contributed by atoms with Gasteiger partial charge in [0.15, 0.2) is 11.9 Å². The Morgan fingerprint density at radius 2 is 0.984 bits per heavy atom. The third-order valence-electron chi connectivity index (χ3n) is 12.3. The number of hydrogen-bond donors (Lipinski definition) is 12. The van der Waals surface area contributed by atoms with Crippen molar-refractivity contribution in [1.29, 1.82) is 10.8 Å². The zero-order valence-electron chi connectivity index (χ0n) is 36.6. The molecule has 4 fully saturated rings. The zero-order chi connectivity index (χ0) is 46.9. The molecule has 4 saturated heterocycles. The number of nitrogens with zero attached hydrogens (tertiary/aromatic N) is 4. The predicted octanol–water partition coefficient (Wildman–Crippen LogP) is -3.90. The molecular weight excluding hydrogens is 835 g/mol. The molecule has 24 nitrogen and oxygen atoms in total. The van der Waals surface area contributed by atoms with Gasteiger partial charge in [-0.25, -0.2) is 4.79 Å². The van der Waals surface area contributed by atoms with Gasteiger partial charge in [0.05, 0.1) is 12.6 Å². The lowest BCUT2D eigenvalue weighted by atomic mass is 10.1. The lowest BCUT2D eigenvalue weighted by Gasteiger charge is -2.31. The number of guanidine groups is 2. The normalized spacial score (nSPS) is 22.0. The first-order chi connectivity index (χ1) is 30.5. The van der Waals surface area contributed by atoms with Gasteiger partial charge in [0.1, 0.15) is 36.3 Å². The summed E-state index contributed by atoms with van der Waals surface area (Å²) in [6.45, 7) is 1.43. The van der Waals surface area contributed by atoms with Gasteiger partial charge in [-0.3, -0.25) is 44.4 Å². The van der Waals surface area contributed by atoms with Crippen molar-refractivity contribution in [2.75, 3.05) is 52.4 Å². The van der Waals surface area contributed by atoms with E-state index >= 15 is 0 Å². The topological polar surface area (TPSA) is 382 Å². The first-order valence-corrected chi connectivity index (χ1v) is 22.5. The quantitative estimate of drug-likeness (QED) is 0.0265. The predicted molar refractivity (Wildman–Crippen MR) is 233 cm³/mol. The number of likely N-dealkylation sites (tertiary alicyclic amines) is 4. The highest BCUT2D eigenvalue weighted by Crippen LogP contribution is 2.24. The summed E-state index contributed by atoms with van der Waals surface area (Å²) in [5.74, 6) is -5.36. The molecule has 4 aliphatic heterocycles. The van der Waals surface area contributed by atoms with Gasteiger partial charge < -0.3 is 74.2 Å². The molecule has 4 aliphatic rings. The summed E-state index contributed by atoms with van der Waals surface area (Å²) < 4.78 is 0. The molecule has 0 spiro atoms. The van der Waals surface area contributed by atoms with Gasteiger partial charge in [-0.15, -0.1) is 0 Å². The van der Waals surface area contributed by atoms with E-state index in [1.807, 2.05) is 0 Å². The molecule has 0 unspecified atom stereocenters. The second kappa shape index (κ2) is 24.9. The van der Waals surface area contributed by atoms with E-state index in [1.54, 1.807) is 0 Å². The fourth-order valence-electron chi connectivity index (χ4n) is 8.97. The molecule has 7 atom stereocenters. The number of amides is 7. The Bertz CT molecular complexity index is 1720. The summed E-state index contributed by atoms with van der Waals surface area (Å²) in [5, 5.41) is 38.1. The molecule has 64 heavy (non-hydrogen) atoms. The Morgan fingerprint density at radius 1 is 0.562 bits per heavy atom. The largest absolute Gasteiger partial charge is 0.480 e. The maximum Gasteiger partial charge on any atom is 0.326 e. The number of carboxylic acids is 1. The zero-order valence-corrected chi connectivity index (χ0v) is 36.6. The molecule has 0 aromatic carbocycles. The van der Waals surface area contributed by atoms with Crippen molar-refractivity contribution >= 4 is 59.2 Å². The van der Waals surface area contributed by atoms with Crippen molar-refractivity contribution < 1.29 is 43.5 Å². The van der Waals surface area contributed by atoms with Crippen LogP contribution < -0.4 is 49.5 Å². The van der Waals surface area contributed by atoms with Crippen LogP contribution in [0.1, 0.15) is 96.3 Å². The SMILES string of the molecule is N=C(N)NCCC[C@H](NC(=O)[C@@H]1CCCN1C(=O)CNC(=O)[C@@H]1CCCN1C(=O)[C@H](CCCNC(=N)N)NC(=O)[C@@H]1CCCN1C(=O)[C@@H](N)CCCCN)C(=O)N1CCC[C@H]1C(=O)O. The molecule has 0 bridgehead atoms. The number of carbonyl (C=O) groups excluding carboxylic acids is 7. The third kappa shape index (κ3) is 14.1. The first kappa shape index (κ1) is 50.9. The number of unbranched alkanes of at least 4 members (excludes halogenated alkanes) is 1. The molecular formula is C40H69N15O9. The fraction of sp³-hybridized carbons (Fsp3) is 0.750. The number of rotatable bonds is 23. The molecule has 0 saturated carbocycles. The summed E-state index contributed by atoms with van der Waals surface area (Å²) >= 11 is 0. The Balaban J connectivity index is 1.38. The molecule has 16 N–H and O–H groups in total. The molecule has 24 heteroatoms.